The lowest BCUT2D eigenvalue weighted by Gasteiger charge is -2.34. The van der Waals surface area contributed by atoms with E-state index in [9.17, 15) is 4.79 Å². The van der Waals surface area contributed by atoms with E-state index in [1.165, 1.54) is 19.3 Å². The van der Waals surface area contributed by atoms with Gasteiger partial charge in [-0.25, -0.2) is 4.98 Å². The molecule has 0 spiro atoms. The summed E-state index contributed by atoms with van der Waals surface area (Å²) in [7, 11) is 3.54. The van der Waals surface area contributed by atoms with Crippen molar-refractivity contribution >= 4 is 11.7 Å². The second-order valence-electron chi connectivity index (χ2n) is 5.14. The van der Waals surface area contributed by atoms with E-state index in [0.717, 1.165) is 12.4 Å². The van der Waals surface area contributed by atoms with Crippen LogP contribution in [0.15, 0.2) is 18.3 Å². The van der Waals surface area contributed by atoms with Gasteiger partial charge in [0.2, 0.25) is 0 Å². The normalized spacial score (nSPS) is 19.7. The molecule has 1 fully saturated rings. The van der Waals surface area contributed by atoms with Gasteiger partial charge in [0.05, 0.1) is 0 Å². The average Bonchev–Trinajstić information content (AvgIpc) is 2.38. The number of anilines is 1. The molecule has 0 aliphatic carbocycles. The number of carbonyl (C=O) groups is 1. The van der Waals surface area contributed by atoms with Gasteiger partial charge in [-0.05, 0) is 38.3 Å². The van der Waals surface area contributed by atoms with Gasteiger partial charge in [-0.2, -0.15) is 0 Å². The zero-order chi connectivity index (χ0) is 13.1. The van der Waals surface area contributed by atoms with Gasteiger partial charge < -0.3 is 9.80 Å². The number of carbonyl (C=O) groups excluding carboxylic acids is 1. The molecule has 0 radical (unpaired) electrons. The molecule has 0 N–H and O–H groups in total. The smallest absolute Gasteiger partial charge is 0.253 e. The minimum atomic E-state index is 0.0308. The Balaban J connectivity index is 2.23. The maximum absolute atomic E-state index is 11.9. The van der Waals surface area contributed by atoms with Gasteiger partial charge in [-0.3, -0.25) is 4.79 Å². The first kappa shape index (κ1) is 12.9. The molecule has 1 atom stereocenters. The van der Waals surface area contributed by atoms with Crippen molar-refractivity contribution in [2.45, 2.75) is 32.2 Å². The predicted octanol–water partition coefficient (Wildman–Crippen LogP) is 2.16. The molecule has 0 aromatic carbocycles. The fourth-order valence-corrected chi connectivity index (χ4v) is 2.41. The van der Waals surface area contributed by atoms with E-state index in [2.05, 4.69) is 16.8 Å². The molecule has 4 nitrogen and oxygen atoms in total. The lowest BCUT2D eigenvalue weighted by atomic mass is 10.0. The first-order valence-electron chi connectivity index (χ1n) is 6.54. The van der Waals surface area contributed by atoms with Crippen LogP contribution in [0.5, 0.6) is 0 Å². The standard InChI is InChI=1S/C14H21N3O/c1-11-6-4-5-9-17(11)13-10-12(7-8-15-13)14(18)16(2)3/h7-8,10-11H,4-6,9H2,1-3H3/t11-/m0/s1. The zero-order valence-corrected chi connectivity index (χ0v) is 11.4. The SMILES string of the molecule is C[C@H]1CCCCN1c1cc(C(=O)N(C)C)ccn1. The van der Waals surface area contributed by atoms with Crippen molar-refractivity contribution in [3.63, 3.8) is 0 Å². The van der Waals surface area contributed by atoms with Crippen molar-refractivity contribution in [2.24, 2.45) is 0 Å². The Hall–Kier alpha value is -1.58. The highest BCUT2D eigenvalue weighted by molar-refractivity contribution is 5.94. The average molecular weight is 247 g/mol. The van der Waals surface area contributed by atoms with Crippen LogP contribution in [0.2, 0.25) is 0 Å². The van der Waals surface area contributed by atoms with E-state index >= 15 is 0 Å². The fraction of sp³-hybridized carbons (Fsp3) is 0.571. The van der Waals surface area contributed by atoms with Gasteiger partial charge >= 0.3 is 0 Å². The van der Waals surface area contributed by atoms with Crippen molar-refractivity contribution in [2.75, 3.05) is 25.5 Å². The summed E-state index contributed by atoms with van der Waals surface area (Å²) in [6.45, 7) is 3.26. The van der Waals surface area contributed by atoms with Crippen LogP contribution in [-0.4, -0.2) is 42.5 Å². The topological polar surface area (TPSA) is 36.4 Å². The zero-order valence-electron chi connectivity index (χ0n) is 11.4. The summed E-state index contributed by atoms with van der Waals surface area (Å²) in [5.41, 5.74) is 0.711. The monoisotopic (exact) mass is 247 g/mol. The van der Waals surface area contributed by atoms with Gasteiger partial charge in [0.15, 0.2) is 0 Å². The molecular formula is C14H21N3O. The van der Waals surface area contributed by atoms with Crippen LogP contribution in [0.1, 0.15) is 36.5 Å². The first-order valence-corrected chi connectivity index (χ1v) is 6.54. The number of hydrogen-bond donors (Lipinski definition) is 0. The molecular weight excluding hydrogens is 226 g/mol. The Labute approximate surface area is 109 Å². The van der Waals surface area contributed by atoms with Gasteiger partial charge in [0.1, 0.15) is 5.82 Å². The molecule has 98 valence electrons. The second-order valence-corrected chi connectivity index (χ2v) is 5.14. The molecule has 4 heteroatoms. The predicted molar refractivity (Wildman–Crippen MR) is 72.9 cm³/mol. The quantitative estimate of drug-likeness (QED) is 0.803. The van der Waals surface area contributed by atoms with Crippen molar-refractivity contribution in [3.8, 4) is 0 Å². The Morgan fingerprint density at radius 1 is 1.44 bits per heavy atom. The maximum atomic E-state index is 11.9. The third kappa shape index (κ3) is 2.63. The van der Waals surface area contributed by atoms with Crippen LogP contribution in [0.3, 0.4) is 0 Å². The summed E-state index contributed by atoms with van der Waals surface area (Å²) >= 11 is 0. The number of amides is 1. The van der Waals surface area contributed by atoms with Crippen LogP contribution >= 0.6 is 0 Å². The van der Waals surface area contributed by atoms with Crippen LogP contribution in [-0.2, 0) is 0 Å². The summed E-state index contributed by atoms with van der Waals surface area (Å²) in [6.07, 6.45) is 5.42. The Bertz CT molecular complexity index is 431. The molecule has 1 aliphatic rings. The number of nitrogens with zero attached hydrogens (tertiary/aromatic N) is 3. The van der Waals surface area contributed by atoms with Crippen LogP contribution < -0.4 is 4.90 Å². The van der Waals surface area contributed by atoms with Crippen molar-refractivity contribution in [1.82, 2.24) is 9.88 Å². The third-order valence-corrected chi connectivity index (χ3v) is 3.50. The van der Waals surface area contributed by atoms with Crippen molar-refractivity contribution in [1.29, 1.82) is 0 Å². The van der Waals surface area contributed by atoms with E-state index in [4.69, 9.17) is 0 Å². The lowest BCUT2D eigenvalue weighted by Crippen LogP contribution is -2.38. The molecule has 1 saturated heterocycles. The van der Waals surface area contributed by atoms with Gasteiger partial charge in [0, 0.05) is 38.4 Å². The molecule has 18 heavy (non-hydrogen) atoms. The van der Waals surface area contributed by atoms with Crippen LogP contribution in [0.4, 0.5) is 5.82 Å². The third-order valence-electron chi connectivity index (χ3n) is 3.50. The molecule has 1 aliphatic heterocycles. The summed E-state index contributed by atoms with van der Waals surface area (Å²) in [4.78, 5) is 20.2. The van der Waals surface area contributed by atoms with Gasteiger partial charge in [-0.1, -0.05) is 0 Å². The summed E-state index contributed by atoms with van der Waals surface area (Å²) in [5.74, 6) is 0.957. The van der Waals surface area contributed by atoms with E-state index in [-0.39, 0.29) is 5.91 Å². The van der Waals surface area contributed by atoms with E-state index < -0.39 is 0 Å². The summed E-state index contributed by atoms with van der Waals surface area (Å²) in [5, 5.41) is 0. The molecule has 0 bridgehead atoms. The minimum absolute atomic E-state index is 0.0308. The molecule has 1 aromatic rings. The van der Waals surface area contributed by atoms with Crippen LogP contribution in [0, 0.1) is 0 Å². The van der Waals surface area contributed by atoms with Crippen LogP contribution in [0.25, 0.3) is 0 Å². The number of pyridine rings is 1. The Morgan fingerprint density at radius 3 is 2.89 bits per heavy atom. The molecule has 2 heterocycles. The highest BCUT2D eigenvalue weighted by atomic mass is 16.2. The lowest BCUT2D eigenvalue weighted by molar-refractivity contribution is 0.0827. The summed E-state index contributed by atoms with van der Waals surface area (Å²) < 4.78 is 0. The van der Waals surface area contributed by atoms with Crippen molar-refractivity contribution in [3.05, 3.63) is 23.9 Å². The molecule has 2 rings (SSSR count). The molecule has 0 unspecified atom stereocenters. The number of aromatic nitrogens is 1. The minimum Gasteiger partial charge on any atom is -0.354 e. The largest absolute Gasteiger partial charge is 0.354 e. The second kappa shape index (κ2) is 5.38. The Morgan fingerprint density at radius 2 is 2.22 bits per heavy atom. The Kier molecular flexibility index (Phi) is 3.84. The molecule has 1 amide bonds. The highest BCUT2D eigenvalue weighted by Crippen LogP contribution is 2.23. The summed E-state index contributed by atoms with van der Waals surface area (Å²) in [6, 6.07) is 4.20. The number of piperidine rings is 1. The van der Waals surface area contributed by atoms with E-state index in [1.807, 2.05) is 6.07 Å². The maximum Gasteiger partial charge on any atom is 0.253 e. The molecule has 1 aromatic heterocycles. The van der Waals surface area contributed by atoms with Gasteiger partial charge in [-0.15, -0.1) is 0 Å². The van der Waals surface area contributed by atoms with Gasteiger partial charge in [0.25, 0.3) is 5.91 Å². The fourth-order valence-electron chi connectivity index (χ4n) is 2.41. The first-order chi connectivity index (χ1) is 8.59. The number of rotatable bonds is 2. The highest BCUT2D eigenvalue weighted by Gasteiger charge is 2.20. The number of hydrogen-bond acceptors (Lipinski definition) is 3. The van der Waals surface area contributed by atoms with Crippen molar-refractivity contribution < 1.29 is 4.79 Å². The molecule has 0 saturated carbocycles. The van der Waals surface area contributed by atoms with E-state index in [1.54, 1.807) is 31.3 Å². The van der Waals surface area contributed by atoms with E-state index in [0.29, 0.717) is 11.6 Å².